The van der Waals surface area contributed by atoms with Crippen LogP contribution in [0.25, 0.3) is 0 Å². The predicted molar refractivity (Wildman–Crippen MR) is 74.1 cm³/mol. The van der Waals surface area contributed by atoms with Gasteiger partial charge in [-0.15, -0.1) is 0 Å². The van der Waals surface area contributed by atoms with Gasteiger partial charge in [-0.2, -0.15) is 0 Å². The van der Waals surface area contributed by atoms with Crippen molar-refractivity contribution >= 4 is 15.9 Å². The van der Waals surface area contributed by atoms with Gasteiger partial charge in [0.15, 0.2) is 0 Å². The van der Waals surface area contributed by atoms with Gasteiger partial charge in [0.2, 0.25) is 10.0 Å². The van der Waals surface area contributed by atoms with Crippen LogP contribution in [0.5, 0.6) is 0 Å². The van der Waals surface area contributed by atoms with Crippen molar-refractivity contribution in [2.24, 2.45) is 11.7 Å². The van der Waals surface area contributed by atoms with Gasteiger partial charge in [-0.3, -0.25) is 5.41 Å². The number of hydrogen-bond acceptors (Lipinski definition) is 3. The molecule has 3 N–H and O–H groups in total. The molecule has 1 aliphatic carbocycles. The molecule has 0 saturated heterocycles. The zero-order valence-corrected chi connectivity index (χ0v) is 12.0. The molecule has 0 aromatic rings. The second-order valence-corrected chi connectivity index (χ2v) is 7.06. The standard InChI is InChI=1S/C12H25N3O2S/c1-2-15(9-8-12(13)14)18(16,17)10-11-6-4-3-5-7-11/h11H,2-10H2,1H3,(H3,13,14). The van der Waals surface area contributed by atoms with Gasteiger partial charge in [0, 0.05) is 19.5 Å². The van der Waals surface area contributed by atoms with Crippen LogP contribution >= 0.6 is 0 Å². The van der Waals surface area contributed by atoms with Crippen LogP contribution in [0.3, 0.4) is 0 Å². The van der Waals surface area contributed by atoms with Crippen molar-refractivity contribution in [1.29, 1.82) is 5.41 Å². The van der Waals surface area contributed by atoms with Gasteiger partial charge in [0.05, 0.1) is 11.6 Å². The fourth-order valence-electron chi connectivity index (χ4n) is 2.50. The Balaban J connectivity index is 2.55. The van der Waals surface area contributed by atoms with Crippen molar-refractivity contribution in [3.05, 3.63) is 0 Å². The number of nitrogens with one attached hydrogen (secondary N) is 1. The molecule has 1 saturated carbocycles. The van der Waals surface area contributed by atoms with Gasteiger partial charge in [0.1, 0.15) is 0 Å². The zero-order valence-electron chi connectivity index (χ0n) is 11.2. The number of rotatable bonds is 7. The van der Waals surface area contributed by atoms with Gasteiger partial charge in [-0.25, -0.2) is 12.7 Å². The summed E-state index contributed by atoms with van der Waals surface area (Å²) in [5.41, 5.74) is 5.28. The van der Waals surface area contributed by atoms with Crippen LogP contribution in [0.4, 0.5) is 0 Å². The van der Waals surface area contributed by atoms with Crippen LogP contribution in [0.1, 0.15) is 45.4 Å². The highest BCUT2D eigenvalue weighted by atomic mass is 32.2. The molecule has 1 rings (SSSR count). The summed E-state index contributed by atoms with van der Waals surface area (Å²) in [7, 11) is -3.19. The zero-order chi connectivity index (χ0) is 13.6. The first-order valence-electron chi connectivity index (χ1n) is 6.76. The monoisotopic (exact) mass is 275 g/mol. The summed E-state index contributed by atoms with van der Waals surface area (Å²) in [6.45, 7) is 2.63. The van der Waals surface area contributed by atoms with E-state index in [2.05, 4.69) is 0 Å². The van der Waals surface area contributed by atoms with E-state index in [1.807, 2.05) is 6.92 Å². The Hall–Kier alpha value is -0.620. The minimum Gasteiger partial charge on any atom is -0.388 e. The lowest BCUT2D eigenvalue weighted by atomic mass is 9.91. The van der Waals surface area contributed by atoms with Crippen LogP contribution in [-0.2, 0) is 10.0 Å². The summed E-state index contributed by atoms with van der Waals surface area (Å²) in [6, 6.07) is 0. The fraction of sp³-hybridized carbons (Fsp3) is 0.917. The molecule has 0 aromatic carbocycles. The molecule has 6 heteroatoms. The maximum absolute atomic E-state index is 12.3. The van der Waals surface area contributed by atoms with E-state index in [9.17, 15) is 8.42 Å². The lowest BCUT2D eigenvalue weighted by Gasteiger charge is -2.26. The van der Waals surface area contributed by atoms with E-state index in [0.29, 0.717) is 25.4 Å². The van der Waals surface area contributed by atoms with Gasteiger partial charge in [0.25, 0.3) is 0 Å². The average Bonchev–Trinajstić information content (AvgIpc) is 2.29. The molecular weight excluding hydrogens is 250 g/mol. The molecule has 0 aromatic heterocycles. The molecule has 1 fully saturated rings. The second kappa shape index (κ2) is 7.09. The lowest BCUT2D eigenvalue weighted by molar-refractivity contribution is 0.370. The Morgan fingerprint density at radius 1 is 1.33 bits per heavy atom. The fourth-order valence-corrected chi connectivity index (χ4v) is 4.40. The third-order valence-corrected chi connectivity index (χ3v) is 5.67. The Morgan fingerprint density at radius 2 is 1.94 bits per heavy atom. The third kappa shape index (κ3) is 4.94. The third-order valence-electron chi connectivity index (χ3n) is 3.55. The smallest absolute Gasteiger partial charge is 0.214 e. The second-order valence-electron chi connectivity index (χ2n) is 5.05. The largest absolute Gasteiger partial charge is 0.388 e. The lowest BCUT2D eigenvalue weighted by Crippen LogP contribution is -2.37. The summed E-state index contributed by atoms with van der Waals surface area (Å²) in [6.07, 6.45) is 5.92. The first-order chi connectivity index (χ1) is 8.45. The topological polar surface area (TPSA) is 87.2 Å². The van der Waals surface area contributed by atoms with E-state index in [4.69, 9.17) is 11.1 Å². The summed E-state index contributed by atoms with van der Waals surface area (Å²) in [5, 5.41) is 7.18. The van der Waals surface area contributed by atoms with Gasteiger partial charge < -0.3 is 5.73 Å². The molecule has 18 heavy (non-hydrogen) atoms. The first kappa shape index (κ1) is 15.4. The molecule has 106 valence electrons. The summed E-state index contributed by atoms with van der Waals surface area (Å²) < 4.78 is 26.0. The Kier molecular flexibility index (Phi) is 6.08. The quantitative estimate of drug-likeness (QED) is 0.546. The van der Waals surface area contributed by atoms with E-state index in [1.54, 1.807) is 0 Å². The van der Waals surface area contributed by atoms with Crippen molar-refractivity contribution in [3.63, 3.8) is 0 Å². The Bertz CT molecular complexity index is 362. The van der Waals surface area contributed by atoms with E-state index >= 15 is 0 Å². The maximum Gasteiger partial charge on any atom is 0.214 e. The predicted octanol–water partition coefficient (Wildman–Crippen LogP) is 1.54. The molecule has 0 unspecified atom stereocenters. The molecule has 1 aliphatic rings. The number of hydrogen-bond donors (Lipinski definition) is 2. The first-order valence-corrected chi connectivity index (χ1v) is 8.37. The molecule has 0 aliphatic heterocycles. The van der Waals surface area contributed by atoms with Crippen LogP contribution in [0.2, 0.25) is 0 Å². The highest BCUT2D eigenvalue weighted by Gasteiger charge is 2.26. The number of nitrogens with two attached hydrogens (primary N) is 1. The summed E-state index contributed by atoms with van der Waals surface area (Å²) >= 11 is 0. The van der Waals surface area contributed by atoms with Crippen molar-refractivity contribution < 1.29 is 8.42 Å². The van der Waals surface area contributed by atoms with Crippen LogP contribution in [-0.4, -0.2) is 37.4 Å². The van der Waals surface area contributed by atoms with Gasteiger partial charge >= 0.3 is 0 Å². The van der Waals surface area contributed by atoms with Crippen LogP contribution in [0, 0.1) is 11.3 Å². The summed E-state index contributed by atoms with van der Waals surface area (Å²) in [5.74, 6) is 0.620. The van der Waals surface area contributed by atoms with E-state index in [1.165, 1.54) is 10.7 Å². The Morgan fingerprint density at radius 3 is 2.44 bits per heavy atom. The molecule has 0 spiro atoms. The molecular formula is C12H25N3O2S. The number of sulfonamides is 1. The molecule has 5 nitrogen and oxygen atoms in total. The van der Waals surface area contributed by atoms with Gasteiger partial charge in [-0.05, 0) is 18.8 Å². The number of amidine groups is 1. The van der Waals surface area contributed by atoms with Gasteiger partial charge in [-0.1, -0.05) is 26.2 Å². The highest BCUT2D eigenvalue weighted by Crippen LogP contribution is 2.25. The SMILES string of the molecule is CCN(CCC(=N)N)S(=O)(=O)CC1CCCCC1. The minimum absolute atomic E-state index is 0.0429. The highest BCUT2D eigenvalue weighted by molar-refractivity contribution is 7.89. The minimum atomic E-state index is -3.19. The van der Waals surface area contributed by atoms with E-state index in [-0.39, 0.29) is 11.6 Å². The molecule has 0 radical (unpaired) electrons. The maximum atomic E-state index is 12.3. The molecule has 0 amide bonds. The normalized spacial score (nSPS) is 18.1. The van der Waals surface area contributed by atoms with Crippen molar-refractivity contribution in [2.75, 3.05) is 18.8 Å². The van der Waals surface area contributed by atoms with Crippen molar-refractivity contribution in [3.8, 4) is 0 Å². The molecule has 0 atom stereocenters. The van der Waals surface area contributed by atoms with Crippen LogP contribution < -0.4 is 5.73 Å². The van der Waals surface area contributed by atoms with Crippen molar-refractivity contribution in [1.82, 2.24) is 4.31 Å². The number of nitrogens with zero attached hydrogens (tertiary/aromatic N) is 1. The average molecular weight is 275 g/mol. The molecule has 0 bridgehead atoms. The van der Waals surface area contributed by atoms with E-state index < -0.39 is 10.0 Å². The summed E-state index contributed by atoms with van der Waals surface area (Å²) in [4.78, 5) is 0. The van der Waals surface area contributed by atoms with Crippen LogP contribution in [0.15, 0.2) is 0 Å². The Labute approximate surface area is 110 Å². The van der Waals surface area contributed by atoms with Crippen molar-refractivity contribution in [2.45, 2.75) is 45.4 Å². The van der Waals surface area contributed by atoms with E-state index in [0.717, 1.165) is 25.7 Å². The molecule has 0 heterocycles.